The standard InChI is InChI=1S/C15H21N3OS/c1-8(2)13-15(20-18-17-13)12(16)11-7-6-9(3)10(4)14(11)19-5/h6-8,12H,16H2,1-5H3. The summed E-state index contributed by atoms with van der Waals surface area (Å²) in [7, 11) is 1.69. The predicted octanol–water partition coefficient (Wildman–Crippen LogP) is 3.34. The van der Waals surface area contributed by atoms with Gasteiger partial charge in [-0.05, 0) is 42.4 Å². The average Bonchev–Trinajstić information content (AvgIpc) is 2.90. The molecule has 1 atom stereocenters. The minimum atomic E-state index is -0.248. The minimum absolute atomic E-state index is 0.248. The molecule has 2 rings (SSSR count). The number of hydrogen-bond acceptors (Lipinski definition) is 5. The van der Waals surface area contributed by atoms with E-state index in [1.54, 1.807) is 7.11 Å². The Morgan fingerprint density at radius 1 is 1.25 bits per heavy atom. The largest absolute Gasteiger partial charge is 0.496 e. The molecule has 2 N–H and O–H groups in total. The number of aryl methyl sites for hydroxylation is 1. The van der Waals surface area contributed by atoms with E-state index in [0.717, 1.165) is 27.4 Å². The molecular weight excluding hydrogens is 270 g/mol. The lowest BCUT2D eigenvalue weighted by Crippen LogP contribution is -2.15. The fraction of sp³-hybridized carbons (Fsp3) is 0.467. The fourth-order valence-corrected chi connectivity index (χ4v) is 3.12. The normalized spacial score (nSPS) is 12.8. The number of benzene rings is 1. The van der Waals surface area contributed by atoms with Crippen LogP contribution in [0.2, 0.25) is 0 Å². The number of rotatable bonds is 4. The second kappa shape index (κ2) is 5.89. The Bertz CT molecular complexity index is 607. The summed E-state index contributed by atoms with van der Waals surface area (Å²) in [5.74, 6) is 1.17. The van der Waals surface area contributed by atoms with E-state index in [2.05, 4.69) is 43.3 Å². The first kappa shape index (κ1) is 14.9. The van der Waals surface area contributed by atoms with Crippen LogP contribution in [0.4, 0.5) is 0 Å². The Kier molecular flexibility index (Phi) is 4.40. The monoisotopic (exact) mass is 291 g/mol. The van der Waals surface area contributed by atoms with E-state index >= 15 is 0 Å². The lowest BCUT2D eigenvalue weighted by Gasteiger charge is -2.18. The number of aromatic nitrogens is 2. The van der Waals surface area contributed by atoms with E-state index < -0.39 is 0 Å². The molecule has 0 fully saturated rings. The molecule has 0 spiro atoms. The van der Waals surface area contributed by atoms with Gasteiger partial charge in [0.05, 0.1) is 23.7 Å². The Balaban J connectivity index is 2.51. The molecule has 2 aromatic rings. The van der Waals surface area contributed by atoms with Crippen molar-refractivity contribution in [1.29, 1.82) is 0 Å². The third-order valence-corrected chi connectivity index (χ3v) is 4.44. The van der Waals surface area contributed by atoms with Gasteiger partial charge in [-0.2, -0.15) is 0 Å². The van der Waals surface area contributed by atoms with Crippen molar-refractivity contribution in [3.05, 3.63) is 39.4 Å². The maximum absolute atomic E-state index is 6.45. The van der Waals surface area contributed by atoms with Crippen LogP contribution in [-0.2, 0) is 0 Å². The van der Waals surface area contributed by atoms with Crippen molar-refractivity contribution < 1.29 is 4.74 Å². The molecule has 0 bridgehead atoms. The van der Waals surface area contributed by atoms with Gasteiger partial charge in [-0.15, -0.1) is 5.10 Å². The predicted molar refractivity (Wildman–Crippen MR) is 82.5 cm³/mol. The number of hydrogen-bond donors (Lipinski definition) is 1. The summed E-state index contributed by atoms with van der Waals surface area (Å²) < 4.78 is 9.62. The van der Waals surface area contributed by atoms with Gasteiger partial charge >= 0.3 is 0 Å². The number of ether oxygens (including phenoxy) is 1. The van der Waals surface area contributed by atoms with Crippen LogP contribution in [0.1, 0.15) is 53.1 Å². The maximum Gasteiger partial charge on any atom is 0.127 e. The van der Waals surface area contributed by atoms with E-state index in [9.17, 15) is 0 Å². The van der Waals surface area contributed by atoms with E-state index in [0.29, 0.717) is 5.92 Å². The first-order valence-corrected chi connectivity index (χ1v) is 7.46. The zero-order chi connectivity index (χ0) is 14.9. The highest BCUT2D eigenvalue weighted by Gasteiger charge is 2.23. The third kappa shape index (κ3) is 2.55. The molecule has 20 heavy (non-hydrogen) atoms. The lowest BCUT2D eigenvalue weighted by atomic mass is 9.96. The summed E-state index contributed by atoms with van der Waals surface area (Å²) in [6.45, 7) is 8.33. The SMILES string of the molecule is COc1c(C(N)c2snnc2C(C)C)ccc(C)c1C. The number of nitrogens with two attached hydrogens (primary N) is 1. The van der Waals surface area contributed by atoms with Crippen molar-refractivity contribution in [3.63, 3.8) is 0 Å². The second-order valence-corrected chi connectivity index (χ2v) is 6.07. The van der Waals surface area contributed by atoms with Gasteiger partial charge in [0.2, 0.25) is 0 Å². The third-order valence-electron chi connectivity index (χ3n) is 3.62. The molecule has 1 unspecified atom stereocenters. The smallest absolute Gasteiger partial charge is 0.127 e. The van der Waals surface area contributed by atoms with Gasteiger partial charge in [0, 0.05) is 5.56 Å². The van der Waals surface area contributed by atoms with Gasteiger partial charge in [0.1, 0.15) is 5.75 Å². The number of methoxy groups -OCH3 is 1. The van der Waals surface area contributed by atoms with Crippen LogP contribution in [-0.4, -0.2) is 16.7 Å². The molecule has 1 heterocycles. The molecule has 1 aromatic carbocycles. The van der Waals surface area contributed by atoms with Crippen molar-refractivity contribution >= 4 is 11.5 Å². The molecule has 0 aliphatic rings. The topological polar surface area (TPSA) is 61.0 Å². The molecule has 0 radical (unpaired) electrons. The molecule has 0 aliphatic heterocycles. The Labute approximate surface area is 124 Å². The van der Waals surface area contributed by atoms with Gasteiger partial charge in [-0.1, -0.05) is 30.5 Å². The summed E-state index contributed by atoms with van der Waals surface area (Å²) in [5.41, 5.74) is 10.7. The summed E-state index contributed by atoms with van der Waals surface area (Å²) in [5, 5.41) is 4.21. The number of nitrogens with zero attached hydrogens (tertiary/aromatic N) is 2. The van der Waals surface area contributed by atoms with Crippen LogP contribution in [0.3, 0.4) is 0 Å². The van der Waals surface area contributed by atoms with Gasteiger partial charge < -0.3 is 10.5 Å². The van der Waals surface area contributed by atoms with Crippen LogP contribution < -0.4 is 10.5 Å². The van der Waals surface area contributed by atoms with Crippen LogP contribution >= 0.6 is 11.5 Å². The van der Waals surface area contributed by atoms with Crippen LogP contribution in [0.25, 0.3) is 0 Å². The van der Waals surface area contributed by atoms with Gasteiger partial charge in [0.15, 0.2) is 0 Å². The zero-order valence-corrected chi connectivity index (χ0v) is 13.4. The molecule has 0 saturated heterocycles. The molecule has 108 valence electrons. The molecule has 5 heteroatoms. The molecular formula is C15H21N3OS. The van der Waals surface area contributed by atoms with E-state index in [1.165, 1.54) is 17.1 Å². The maximum atomic E-state index is 6.45. The van der Waals surface area contributed by atoms with Crippen molar-refractivity contribution in [3.8, 4) is 5.75 Å². The molecule has 1 aromatic heterocycles. The molecule has 4 nitrogen and oxygen atoms in total. The van der Waals surface area contributed by atoms with Crippen molar-refractivity contribution in [2.45, 2.75) is 39.7 Å². The summed E-state index contributed by atoms with van der Waals surface area (Å²) in [6.07, 6.45) is 0. The first-order chi connectivity index (χ1) is 9.47. The minimum Gasteiger partial charge on any atom is -0.496 e. The Morgan fingerprint density at radius 3 is 2.55 bits per heavy atom. The van der Waals surface area contributed by atoms with Crippen LogP contribution in [0, 0.1) is 13.8 Å². The highest BCUT2D eigenvalue weighted by Crippen LogP contribution is 2.36. The molecule has 0 amide bonds. The second-order valence-electron chi connectivity index (χ2n) is 5.28. The molecule has 0 saturated carbocycles. The zero-order valence-electron chi connectivity index (χ0n) is 12.6. The quantitative estimate of drug-likeness (QED) is 0.938. The average molecular weight is 291 g/mol. The van der Waals surface area contributed by atoms with Crippen molar-refractivity contribution in [2.24, 2.45) is 5.73 Å². The van der Waals surface area contributed by atoms with E-state index in [-0.39, 0.29) is 6.04 Å². The highest BCUT2D eigenvalue weighted by atomic mass is 32.1. The summed E-state index contributed by atoms with van der Waals surface area (Å²) in [4.78, 5) is 1.02. The highest BCUT2D eigenvalue weighted by molar-refractivity contribution is 7.05. The summed E-state index contributed by atoms with van der Waals surface area (Å²) >= 11 is 1.37. The summed E-state index contributed by atoms with van der Waals surface area (Å²) in [6, 6.07) is 3.87. The molecule has 0 aliphatic carbocycles. The first-order valence-electron chi connectivity index (χ1n) is 6.69. The van der Waals surface area contributed by atoms with Crippen LogP contribution in [0.15, 0.2) is 12.1 Å². The van der Waals surface area contributed by atoms with E-state index in [1.807, 2.05) is 6.07 Å². The van der Waals surface area contributed by atoms with E-state index in [4.69, 9.17) is 10.5 Å². The van der Waals surface area contributed by atoms with Gasteiger partial charge in [0.25, 0.3) is 0 Å². The fourth-order valence-electron chi connectivity index (χ4n) is 2.29. The van der Waals surface area contributed by atoms with Gasteiger partial charge in [-0.25, -0.2) is 0 Å². The van der Waals surface area contributed by atoms with Gasteiger partial charge in [-0.3, -0.25) is 0 Å². The lowest BCUT2D eigenvalue weighted by molar-refractivity contribution is 0.404. The van der Waals surface area contributed by atoms with Crippen LogP contribution in [0.5, 0.6) is 5.75 Å². The van der Waals surface area contributed by atoms with Crippen molar-refractivity contribution in [2.75, 3.05) is 7.11 Å². The van der Waals surface area contributed by atoms with Crippen molar-refractivity contribution in [1.82, 2.24) is 9.59 Å². The Hall–Kier alpha value is -1.46. The Morgan fingerprint density at radius 2 is 1.95 bits per heavy atom.